The smallest absolute Gasteiger partial charge is 0.251 e. The van der Waals surface area contributed by atoms with Gasteiger partial charge in [0.25, 0.3) is 5.91 Å². The van der Waals surface area contributed by atoms with Gasteiger partial charge >= 0.3 is 0 Å². The summed E-state index contributed by atoms with van der Waals surface area (Å²) in [5.74, 6) is -0.0531. The highest BCUT2D eigenvalue weighted by atomic mass is 16.1. The molecule has 96 valence electrons. The molecule has 18 heavy (non-hydrogen) atoms. The molecule has 0 aliphatic carbocycles. The third-order valence-electron chi connectivity index (χ3n) is 3.08. The molecule has 1 aromatic heterocycles. The summed E-state index contributed by atoms with van der Waals surface area (Å²) >= 11 is 0. The Morgan fingerprint density at radius 2 is 2.17 bits per heavy atom. The molecule has 0 radical (unpaired) electrons. The molecule has 0 aromatic carbocycles. The van der Waals surface area contributed by atoms with Gasteiger partial charge in [0.2, 0.25) is 0 Å². The van der Waals surface area contributed by atoms with E-state index in [2.05, 4.69) is 15.6 Å². The summed E-state index contributed by atoms with van der Waals surface area (Å²) < 4.78 is 0. The molecule has 0 spiro atoms. The fourth-order valence-electron chi connectivity index (χ4n) is 1.77. The minimum Gasteiger partial charge on any atom is -0.376 e. The average molecular weight is 246 g/mol. The van der Waals surface area contributed by atoms with Crippen LogP contribution >= 0.6 is 0 Å². The van der Waals surface area contributed by atoms with Crippen LogP contribution in [0.15, 0.2) is 29.6 Å². The summed E-state index contributed by atoms with van der Waals surface area (Å²) in [6.07, 6.45) is 3.39. The van der Waals surface area contributed by atoms with Gasteiger partial charge in [-0.15, -0.1) is 0 Å². The van der Waals surface area contributed by atoms with E-state index in [-0.39, 0.29) is 5.91 Å². The molecule has 1 fully saturated rings. The monoisotopic (exact) mass is 246 g/mol. The minimum absolute atomic E-state index is 0.0531. The van der Waals surface area contributed by atoms with Crippen molar-refractivity contribution in [2.45, 2.75) is 6.92 Å². The van der Waals surface area contributed by atoms with Crippen LogP contribution in [0.4, 0.5) is 11.4 Å². The van der Waals surface area contributed by atoms with E-state index >= 15 is 0 Å². The van der Waals surface area contributed by atoms with Crippen molar-refractivity contribution in [3.8, 4) is 0 Å². The van der Waals surface area contributed by atoms with Crippen molar-refractivity contribution in [2.24, 2.45) is 0 Å². The fourth-order valence-corrected chi connectivity index (χ4v) is 1.77. The topological polar surface area (TPSA) is 57.3 Å². The summed E-state index contributed by atoms with van der Waals surface area (Å²) in [6.45, 7) is 3.48. The Labute approximate surface area is 107 Å². The number of carbonyl (C=O) groups excluding carboxylic acids is 1. The number of amides is 1. The van der Waals surface area contributed by atoms with Gasteiger partial charge in [0.1, 0.15) is 0 Å². The van der Waals surface area contributed by atoms with Gasteiger partial charge in [-0.3, -0.25) is 9.78 Å². The zero-order valence-corrected chi connectivity index (χ0v) is 10.9. The number of nitrogens with zero attached hydrogens (tertiary/aromatic N) is 2. The van der Waals surface area contributed by atoms with Gasteiger partial charge in [0.05, 0.1) is 17.6 Å². The second-order valence-corrected chi connectivity index (χ2v) is 4.57. The molecule has 1 aliphatic heterocycles. The van der Waals surface area contributed by atoms with Gasteiger partial charge in [-0.25, -0.2) is 0 Å². The Balaban J connectivity index is 2.17. The Morgan fingerprint density at radius 1 is 1.44 bits per heavy atom. The highest BCUT2D eigenvalue weighted by Crippen LogP contribution is 2.23. The van der Waals surface area contributed by atoms with E-state index in [0.29, 0.717) is 0 Å². The van der Waals surface area contributed by atoms with Crippen LogP contribution in [0, 0.1) is 0 Å². The number of aromatic nitrogens is 1. The molecule has 2 N–H and O–H groups in total. The molecule has 0 saturated carbocycles. The van der Waals surface area contributed by atoms with Gasteiger partial charge < -0.3 is 15.5 Å². The normalized spacial score (nSPS) is 13.8. The van der Waals surface area contributed by atoms with E-state index in [1.807, 2.05) is 32.0 Å². The van der Waals surface area contributed by atoms with E-state index in [1.165, 1.54) is 5.57 Å². The number of pyridine rings is 1. The predicted molar refractivity (Wildman–Crippen MR) is 72.8 cm³/mol. The largest absolute Gasteiger partial charge is 0.376 e. The van der Waals surface area contributed by atoms with Crippen molar-refractivity contribution in [1.29, 1.82) is 0 Å². The maximum absolute atomic E-state index is 12.1. The first-order chi connectivity index (χ1) is 8.59. The Kier molecular flexibility index (Phi) is 3.62. The molecule has 5 heteroatoms. The number of hydrogen-bond acceptors (Lipinski definition) is 4. The lowest BCUT2D eigenvalue weighted by atomic mass is 10.0. The molecule has 1 aromatic rings. The van der Waals surface area contributed by atoms with Gasteiger partial charge in [0, 0.05) is 39.0 Å². The van der Waals surface area contributed by atoms with Crippen LogP contribution in [0.3, 0.4) is 0 Å². The van der Waals surface area contributed by atoms with E-state index in [9.17, 15) is 4.79 Å². The quantitative estimate of drug-likeness (QED) is 0.781. The molecular weight excluding hydrogens is 228 g/mol. The molecule has 5 nitrogen and oxygen atoms in total. The first kappa shape index (κ1) is 12.6. The zero-order chi connectivity index (χ0) is 13.1. The SMILES string of the molecule is CC(C(=O)Nc1cnccc1N(C)C)=C1CNC1. The van der Waals surface area contributed by atoms with Crippen molar-refractivity contribution in [3.63, 3.8) is 0 Å². The molecule has 0 unspecified atom stereocenters. The Hall–Kier alpha value is -1.88. The van der Waals surface area contributed by atoms with Crippen molar-refractivity contribution < 1.29 is 4.79 Å². The lowest BCUT2D eigenvalue weighted by Crippen LogP contribution is -2.36. The van der Waals surface area contributed by atoms with Crippen LogP contribution in [0.2, 0.25) is 0 Å². The lowest BCUT2D eigenvalue weighted by Gasteiger charge is -2.22. The van der Waals surface area contributed by atoms with Crippen molar-refractivity contribution in [1.82, 2.24) is 10.3 Å². The van der Waals surface area contributed by atoms with Crippen molar-refractivity contribution in [3.05, 3.63) is 29.6 Å². The van der Waals surface area contributed by atoms with Crippen LogP contribution in [-0.2, 0) is 4.79 Å². The Morgan fingerprint density at radius 3 is 2.72 bits per heavy atom. The molecule has 2 heterocycles. The molecule has 2 rings (SSSR count). The molecule has 1 aliphatic rings. The number of anilines is 2. The molecular formula is C13H18N4O. The van der Waals surface area contributed by atoms with Crippen LogP contribution in [0.25, 0.3) is 0 Å². The van der Waals surface area contributed by atoms with Crippen molar-refractivity contribution in [2.75, 3.05) is 37.4 Å². The second-order valence-electron chi connectivity index (χ2n) is 4.57. The number of hydrogen-bond donors (Lipinski definition) is 2. The van der Waals surface area contributed by atoms with Gasteiger partial charge in [-0.2, -0.15) is 0 Å². The summed E-state index contributed by atoms with van der Waals surface area (Å²) in [5, 5.41) is 6.04. The van der Waals surface area contributed by atoms with E-state index < -0.39 is 0 Å². The molecule has 0 atom stereocenters. The highest BCUT2D eigenvalue weighted by Gasteiger charge is 2.17. The number of rotatable bonds is 3. The average Bonchev–Trinajstić information content (AvgIpc) is 2.27. The maximum Gasteiger partial charge on any atom is 0.251 e. The Bertz CT molecular complexity index is 488. The molecule has 1 saturated heterocycles. The van der Waals surface area contributed by atoms with Gasteiger partial charge in [-0.05, 0) is 18.6 Å². The van der Waals surface area contributed by atoms with Gasteiger partial charge in [-0.1, -0.05) is 0 Å². The summed E-state index contributed by atoms with van der Waals surface area (Å²) in [6, 6.07) is 1.88. The third kappa shape index (κ3) is 2.51. The van der Waals surface area contributed by atoms with Crippen LogP contribution < -0.4 is 15.5 Å². The summed E-state index contributed by atoms with van der Waals surface area (Å²) in [7, 11) is 3.87. The zero-order valence-electron chi connectivity index (χ0n) is 10.9. The number of nitrogens with one attached hydrogen (secondary N) is 2. The first-order valence-electron chi connectivity index (χ1n) is 5.91. The predicted octanol–water partition coefficient (Wildman–Crippen LogP) is 1.01. The maximum atomic E-state index is 12.1. The van der Waals surface area contributed by atoms with E-state index in [0.717, 1.165) is 30.0 Å². The number of carbonyl (C=O) groups is 1. The molecule has 1 amide bonds. The summed E-state index contributed by atoms with van der Waals surface area (Å²) in [4.78, 5) is 18.1. The van der Waals surface area contributed by atoms with Crippen LogP contribution in [0.5, 0.6) is 0 Å². The minimum atomic E-state index is -0.0531. The van der Waals surface area contributed by atoms with E-state index in [4.69, 9.17) is 0 Å². The van der Waals surface area contributed by atoms with Crippen LogP contribution in [-0.4, -0.2) is 38.1 Å². The first-order valence-corrected chi connectivity index (χ1v) is 5.91. The standard InChI is InChI=1S/C13H18N4O/c1-9(10-6-15-7-10)13(18)16-11-8-14-5-4-12(11)17(2)3/h4-5,8,15H,6-7H2,1-3H3,(H,16,18). The third-order valence-corrected chi connectivity index (χ3v) is 3.08. The van der Waals surface area contributed by atoms with Crippen molar-refractivity contribution >= 4 is 17.3 Å². The summed E-state index contributed by atoms with van der Waals surface area (Å²) in [5.41, 5.74) is 3.65. The van der Waals surface area contributed by atoms with Gasteiger partial charge in [0.15, 0.2) is 0 Å². The van der Waals surface area contributed by atoms with E-state index in [1.54, 1.807) is 12.4 Å². The van der Waals surface area contributed by atoms with Crippen LogP contribution in [0.1, 0.15) is 6.92 Å². The second kappa shape index (κ2) is 5.18. The highest BCUT2D eigenvalue weighted by molar-refractivity contribution is 6.05. The lowest BCUT2D eigenvalue weighted by molar-refractivity contribution is -0.112. The fraction of sp³-hybridized carbons (Fsp3) is 0.385. The molecule has 0 bridgehead atoms.